The summed E-state index contributed by atoms with van der Waals surface area (Å²) in [5.41, 5.74) is 1.52. The molecule has 0 amide bonds. The third-order valence-corrected chi connectivity index (χ3v) is 7.40. The molecule has 1 saturated heterocycles. The van der Waals surface area contributed by atoms with E-state index in [0.29, 0.717) is 0 Å². The topological polar surface area (TPSA) is 55.9 Å². The number of nitrogens with one attached hydrogen (secondary N) is 3. The van der Waals surface area contributed by atoms with E-state index in [4.69, 9.17) is 14.7 Å². The fraction of sp³-hybridized carbons (Fsp3) is 0.714. The van der Waals surface area contributed by atoms with Crippen molar-refractivity contribution in [3.63, 3.8) is 0 Å². The summed E-state index contributed by atoms with van der Waals surface area (Å²) >= 11 is 1.90. The first kappa shape index (κ1) is 20.0. The first-order valence-corrected chi connectivity index (χ1v) is 11.9. The Morgan fingerprint density at radius 2 is 1.96 bits per heavy atom. The van der Waals surface area contributed by atoms with Crippen LogP contribution in [-0.2, 0) is 24.1 Å². The summed E-state index contributed by atoms with van der Waals surface area (Å²) in [7, 11) is 0. The minimum atomic E-state index is 0.851. The number of rotatable bonds is 9. The standard InChI is InChI=1S/C21H33N5OS/c1-3-25(4-2)10-6-9-22-20-19-16-7-5-8-17(16)28-21(19)24-18(23-20)15-26-11-13-27-14-12-26/h3-15H2,1-2H3,(H,22,23,24)/p+2. The molecule has 0 radical (unpaired) electrons. The van der Waals surface area contributed by atoms with Crippen molar-refractivity contribution in [3.8, 4) is 0 Å². The Kier molecular flexibility index (Phi) is 6.77. The number of fused-ring (bicyclic) bond motifs is 3. The van der Waals surface area contributed by atoms with Gasteiger partial charge in [0, 0.05) is 17.8 Å². The number of nitrogens with zero attached hydrogens (tertiary/aromatic N) is 2. The van der Waals surface area contributed by atoms with Gasteiger partial charge in [0.2, 0.25) is 0 Å². The van der Waals surface area contributed by atoms with Gasteiger partial charge in [-0.15, -0.1) is 11.3 Å². The maximum Gasteiger partial charge on any atom is 0.187 e. The lowest BCUT2D eigenvalue weighted by Crippen LogP contribution is -3.12. The highest BCUT2D eigenvalue weighted by molar-refractivity contribution is 7.19. The van der Waals surface area contributed by atoms with Crippen LogP contribution in [0, 0.1) is 0 Å². The van der Waals surface area contributed by atoms with Crippen LogP contribution in [0.4, 0.5) is 5.82 Å². The van der Waals surface area contributed by atoms with E-state index in [-0.39, 0.29) is 0 Å². The number of morpholine rings is 1. The van der Waals surface area contributed by atoms with Crippen molar-refractivity contribution in [2.75, 3.05) is 57.8 Å². The second-order valence-electron chi connectivity index (χ2n) is 8.05. The van der Waals surface area contributed by atoms with Crippen LogP contribution < -0.4 is 15.1 Å². The average Bonchev–Trinajstić information content (AvgIpc) is 3.29. The molecule has 28 heavy (non-hydrogen) atoms. The number of thiophene rings is 1. The van der Waals surface area contributed by atoms with Gasteiger partial charge < -0.3 is 19.9 Å². The molecule has 1 aliphatic heterocycles. The van der Waals surface area contributed by atoms with Crippen molar-refractivity contribution < 1.29 is 14.5 Å². The largest absolute Gasteiger partial charge is 0.370 e. The number of ether oxygens (including phenoxy) is 1. The lowest BCUT2D eigenvalue weighted by molar-refractivity contribution is -0.922. The molecule has 7 heteroatoms. The summed E-state index contributed by atoms with van der Waals surface area (Å²) in [5.74, 6) is 2.07. The van der Waals surface area contributed by atoms with Gasteiger partial charge >= 0.3 is 0 Å². The van der Waals surface area contributed by atoms with Crippen molar-refractivity contribution in [1.29, 1.82) is 0 Å². The number of aromatic nitrogens is 2. The zero-order chi connectivity index (χ0) is 19.3. The summed E-state index contributed by atoms with van der Waals surface area (Å²) < 4.78 is 5.50. The molecule has 1 aliphatic carbocycles. The summed E-state index contributed by atoms with van der Waals surface area (Å²) in [6, 6.07) is 0. The van der Waals surface area contributed by atoms with Gasteiger partial charge in [0.15, 0.2) is 5.82 Å². The van der Waals surface area contributed by atoms with E-state index in [1.807, 2.05) is 11.3 Å². The Balaban J connectivity index is 1.51. The molecular formula is C21H35N5OS+2. The van der Waals surface area contributed by atoms with Gasteiger partial charge in [-0.25, -0.2) is 9.97 Å². The molecule has 0 unspecified atom stereocenters. The third kappa shape index (κ3) is 4.48. The van der Waals surface area contributed by atoms with E-state index >= 15 is 0 Å². The van der Waals surface area contributed by atoms with Gasteiger partial charge in [-0.05, 0) is 38.7 Å². The van der Waals surface area contributed by atoms with Crippen LogP contribution in [0.2, 0.25) is 0 Å². The van der Waals surface area contributed by atoms with Crippen molar-refractivity contribution in [3.05, 3.63) is 16.3 Å². The monoisotopic (exact) mass is 405 g/mol. The van der Waals surface area contributed by atoms with Gasteiger partial charge in [-0.2, -0.15) is 0 Å². The van der Waals surface area contributed by atoms with Crippen LogP contribution >= 0.6 is 11.3 Å². The zero-order valence-corrected chi connectivity index (χ0v) is 18.2. The first-order valence-electron chi connectivity index (χ1n) is 11.1. The fourth-order valence-corrected chi connectivity index (χ4v) is 5.74. The van der Waals surface area contributed by atoms with Crippen molar-refractivity contribution >= 4 is 27.4 Å². The average molecular weight is 406 g/mol. The SMILES string of the molecule is CC[NH+](CC)CCCNc1nc(C[NH+]2CCOCC2)nc2sc3c(c12)CCC3. The maximum absolute atomic E-state index is 5.50. The molecule has 2 aromatic heterocycles. The maximum atomic E-state index is 5.50. The molecule has 3 heterocycles. The molecule has 0 aromatic carbocycles. The first-order chi connectivity index (χ1) is 13.8. The molecule has 0 saturated carbocycles. The van der Waals surface area contributed by atoms with Gasteiger partial charge in [0.1, 0.15) is 30.3 Å². The number of aryl methyl sites for hydroxylation is 2. The minimum absolute atomic E-state index is 0.851. The minimum Gasteiger partial charge on any atom is -0.370 e. The molecule has 6 nitrogen and oxygen atoms in total. The smallest absolute Gasteiger partial charge is 0.187 e. The van der Waals surface area contributed by atoms with Crippen LogP contribution in [0.5, 0.6) is 0 Å². The lowest BCUT2D eigenvalue weighted by Gasteiger charge is -2.23. The second kappa shape index (κ2) is 9.48. The van der Waals surface area contributed by atoms with E-state index < -0.39 is 0 Å². The van der Waals surface area contributed by atoms with Crippen LogP contribution in [0.15, 0.2) is 0 Å². The lowest BCUT2D eigenvalue weighted by atomic mass is 10.2. The van der Waals surface area contributed by atoms with Crippen LogP contribution in [0.25, 0.3) is 10.2 Å². The molecule has 0 bridgehead atoms. The molecule has 3 N–H and O–H groups in total. The molecule has 0 atom stereocenters. The summed E-state index contributed by atoms with van der Waals surface area (Å²) in [5, 5.41) is 5.01. The van der Waals surface area contributed by atoms with E-state index in [9.17, 15) is 0 Å². The number of anilines is 1. The highest BCUT2D eigenvalue weighted by Gasteiger charge is 2.24. The predicted octanol–water partition coefficient (Wildman–Crippen LogP) is 0.322. The molecule has 2 aromatic rings. The summed E-state index contributed by atoms with van der Waals surface area (Å²) in [6.45, 7) is 13.9. The van der Waals surface area contributed by atoms with E-state index in [2.05, 4.69) is 19.2 Å². The van der Waals surface area contributed by atoms with E-state index in [1.165, 1.54) is 70.9 Å². The second-order valence-corrected chi connectivity index (χ2v) is 9.14. The van der Waals surface area contributed by atoms with Gasteiger partial charge in [0.25, 0.3) is 0 Å². The van der Waals surface area contributed by atoms with Crippen LogP contribution in [-0.4, -0.2) is 62.5 Å². The highest BCUT2D eigenvalue weighted by Crippen LogP contribution is 2.39. The number of hydrogen-bond donors (Lipinski definition) is 3. The van der Waals surface area contributed by atoms with Crippen molar-refractivity contribution in [2.45, 2.75) is 46.1 Å². The third-order valence-electron chi connectivity index (χ3n) is 6.22. The molecule has 154 valence electrons. The summed E-state index contributed by atoms with van der Waals surface area (Å²) in [6.07, 6.45) is 4.86. The zero-order valence-electron chi connectivity index (χ0n) is 17.4. The van der Waals surface area contributed by atoms with Crippen molar-refractivity contribution in [2.24, 2.45) is 0 Å². The molecule has 2 aliphatic rings. The molecular weight excluding hydrogens is 370 g/mol. The highest BCUT2D eigenvalue weighted by atomic mass is 32.1. The predicted molar refractivity (Wildman–Crippen MR) is 115 cm³/mol. The van der Waals surface area contributed by atoms with E-state index in [0.717, 1.165) is 51.0 Å². The Bertz CT molecular complexity index is 783. The van der Waals surface area contributed by atoms with E-state index in [1.54, 1.807) is 4.90 Å². The Hall–Kier alpha value is -1.28. The molecule has 1 fully saturated rings. The van der Waals surface area contributed by atoms with Crippen LogP contribution in [0.3, 0.4) is 0 Å². The Labute approximate surface area is 172 Å². The Morgan fingerprint density at radius 1 is 1.14 bits per heavy atom. The van der Waals surface area contributed by atoms with Crippen molar-refractivity contribution in [1.82, 2.24) is 9.97 Å². The van der Waals surface area contributed by atoms with Gasteiger partial charge in [-0.3, -0.25) is 0 Å². The number of hydrogen-bond acceptors (Lipinski definition) is 5. The number of quaternary nitrogens is 2. The Morgan fingerprint density at radius 3 is 2.75 bits per heavy atom. The molecule has 4 rings (SSSR count). The van der Waals surface area contributed by atoms with Gasteiger partial charge in [0.05, 0.1) is 38.2 Å². The summed E-state index contributed by atoms with van der Waals surface area (Å²) in [4.78, 5) is 15.9. The quantitative estimate of drug-likeness (QED) is 0.526. The molecule has 0 spiro atoms. The fourth-order valence-electron chi connectivity index (χ4n) is 4.46. The van der Waals surface area contributed by atoms with Gasteiger partial charge in [-0.1, -0.05) is 0 Å². The normalized spacial score (nSPS) is 17.5. The van der Waals surface area contributed by atoms with Crippen LogP contribution in [0.1, 0.15) is 43.0 Å².